The Morgan fingerprint density at radius 3 is 2.08 bits per heavy atom. The molecule has 0 aliphatic carbocycles. The second-order valence-corrected chi connectivity index (χ2v) is 7.52. The lowest BCUT2D eigenvalue weighted by molar-refractivity contribution is -0.162. The van der Waals surface area contributed by atoms with Crippen LogP contribution in [0.1, 0.15) is 48.5 Å². The first-order valence-corrected chi connectivity index (χ1v) is 7.94. The third-order valence-corrected chi connectivity index (χ3v) is 2.86. The molecule has 1 amide bonds. The predicted octanol–water partition coefficient (Wildman–Crippen LogP) is 2.44. The Kier molecular flexibility index (Phi) is 6.03. The normalized spacial score (nSPS) is 19.5. The number of carbonyl (C=O) groups excluding carboxylic acids is 3. The summed E-state index contributed by atoms with van der Waals surface area (Å²) in [6.07, 6.45) is 0.609. The molecule has 7 nitrogen and oxygen atoms in total. The Balaban J connectivity index is 2.96. The lowest BCUT2D eigenvalue weighted by Gasteiger charge is -2.42. The van der Waals surface area contributed by atoms with Gasteiger partial charge in [0, 0.05) is 12.6 Å². The van der Waals surface area contributed by atoms with E-state index in [4.69, 9.17) is 14.2 Å². The molecule has 24 heavy (non-hydrogen) atoms. The lowest BCUT2D eigenvalue weighted by Crippen LogP contribution is -2.59. The summed E-state index contributed by atoms with van der Waals surface area (Å²) in [5, 5.41) is 0. The third-order valence-electron chi connectivity index (χ3n) is 2.86. The van der Waals surface area contributed by atoms with Gasteiger partial charge >= 0.3 is 18.0 Å². The molecule has 1 aliphatic rings. The van der Waals surface area contributed by atoms with Crippen molar-refractivity contribution < 1.29 is 28.6 Å². The molecule has 0 aromatic rings. The zero-order valence-corrected chi connectivity index (χ0v) is 15.5. The van der Waals surface area contributed by atoms with Crippen molar-refractivity contribution >= 4 is 18.0 Å². The summed E-state index contributed by atoms with van der Waals surface area (Å²) in [6.45, 7) is 12.5. The zero-order chi connectivity index (χ0) is 18.7. The van der Waals surface area contributed by atoms with Crippen molar-refractivity contribution in [3.8, 4) is 0 Å². The van der Waals surface area contributed by atoms with E-state index in [1.54, 1.807) is 48.5 Å². The molecule has 0 radical (unpaired) electrons. The summed E-state index contributed by atoms with van der Waals surface area (Å²) in [7, 11) is 0. The monoisotopic (exact) mass is 341 g/mol. The van der Waals surface area contributed by atoms with Gasteiger partial charge in [-0.3, -0.25) is 4.90 Å². The van der Waals surface area contributed by atoms with E-state index in [2.05, 4.69) is 0 Å². The quantitative estimate of drug-likeness (QED) is 0.445. The second-order valence-electron chi connectivity index (χ2n) is 7.52. The van der Waals surface area contributed by atoms with Crippen LogP contribution in [-0.2, 0) is 23.8 Å². The highest BCUT2D eigenvalue weighted by Gasteiger charge is 2.46. The van der Waals surface area contributed by atoms with Crippen LogP contribution in [-0.4, -0.2) is 53.3 Å². The second kappa shape index (κ2) is 7.23. The van der Waals surface area contributed by atoms with Gasteiger partial charge in [0.25, 0.3) is 0 Å². The molecule has 7 heteroatoms. The van der Waals surface area contributed by atoms with E-state index in [1.807, 2.05) is 0 Å². The average Bonchev–Trinajstić information content (AvgIpc) is 2.29. The van der Waals surface area contributed by atoms with E-state index in [0.717, 1.165) is 0 Å². The van der Waals surface area contributed by atoms with Gasteiger partial charge in [-0.15, -0.1) is 0 Å². The first kappa shape index (κ1) is 20.0. The molecule has 1 unspecified atom stereocenters. The van der Waals surface area contributed by atoms with Crippen molar-refractivity contribution in [3.63, 3.8) is 0 Å². The molecule has 0 saturated carbocycles. The minimum absolute atomic E-state index is 0.123. The fraction of sp³-hybridized carbons (Fsp3) is 0.706. The molecule has 136 valence electrons. The number of amides is 1. The van der Waals surface area contributed by atoms with Crippen molar-refractivity contribution in [2.24, 2.45) is 0 Å². The van der Waals surface area contributed by atoms with Crippen molar-refractivity contribution in [3.05, 3.63) is 11.6 Å². The lowest BCUT2D eigenvalue weighted by atomic mass is 9.95. The summed E-state index contributed by atoms with van der Waals surface area (Å²) in [4.78, 5) is 37.5. The van der Waals surface area contributed by atoms with E-state index in [9.17, 15) is 14.4 Å². The average molecular weight is 341 g/mol. The van der Waals surface area contributed by atoms with E-state index < -0.39 is 35.3 Å². The van der Waals surface area contributed by atoms with Crippen LogP contribution in [0.15, 0.2) is 11.6 Å². The molecule has 1 atom stereocenters. The van der Waals surface area contributed by atoms with Crippen molar-refractivity contribution in [1.82, 2.24) is 4.90 Å². The van der Waals surface area contributed by atoms with Crippen molar-refractivity contribution in [1.29, 1.82) is 0 Å². The topological polar surface area (TPSA) is 82.1 Å². The summed E-state index contributed by atoms with van der Waals surface area (Å²) >= 11 is 0. The van der Waals surface area contributed by atoms with Crippen LogP contribution in [0, 0.1) is 0 Å². The van der Waals surface area contributed by atoms with Gasteiger partial charge in [0.1, 0.15) is 11.2 Å². The fourth-order valence-corrected chi connectivity index (χ4v) is 2.05. The minimum atomic E-state index is -0.969. The highest BCUT2D eigenvalue weighted by atomic mass is 16.6. The molecule has 1 saturated heterocycles. The zero-order valence-electron chi connectivity index (χ0n) is 15.5. The smallest absolute Gasteiger partial charge is 0.411 e. The number of carbonyl (C=O) groups is 3. The van der Waals surface area contributed by atoms with Crippen LogP contribution in [0.3, 0.4) is 0 Å². The first-order chi connectivity index (χ1) is 10.8. The van der Waals surface area contributed by atoms with Gasteiger partial charge in [-0.25, -0.2) is 14.4 Å². The first-order valence-electron chi connectivity index (χ1n) is 7.94. The molecule has 0 bridgehead atoms. The maximum Gasteiger partial charge on any atom is 0.411 e. The van der Waals surface area contributed by atoms with Crippen molar-refractivity contribution in [2.45, 2.75) is 65.7 Å². The van der Waals surface area contributed by atoms with Crippen LogP contribution in [0.25, 0.3) is 0 Å². The number of hydrogen-bond donors (Lipinski definition) is 0. The van der Waals surface area contributed by atoms with E-state index in [0.29, 0.717) is 5.57 Å². The van der Waals surface area contributed by atoms with Gasteiger partial charge < -0.3 is 14.2 Å². The Hall–Kier alpha value is -2.05. The SMILES string of the molecule is CCOC(=O)/C=C1/CN(C(=O)OC(C)(C)C)C1C(=O)OC(C)(C)C. The van der Waals surface area contributed by atoms with Gasteiger partial charge in [-0.1, -0.05) is 0 Å². The van der Waals surface area contributed by atoms with Gasteiger partial charge in [-0.05, 0) is 54.0 Å². The maximum atomic E-state index is 12.4. The maximum absolute atomic E-state index is 12.4. The number of esters is 2. The van der Waals surface area contributed by atoms with E-state index in [-0.39, 0.29) is 13.2 Å². The Labute approximate surface area is 142 Å². The molecule has 0 aromatic heterocycles. The molecule has 1 rings (SSSR count). The van der Waals surface area contributed by atoms with E-state index >= 15 is 0 Å². The number of rotatable bonds is 3. The molecule has 1 fully saturated rings. The molecule has 0 N–H and O–H groups in total. The molecular formula is C17H27NO6. The summed E-state index contributed by atoms with van der Waals surface area (Å²) in [5.41, 5.74) is -0.925. The fourth-order valence-electron chi connectivity index (χ4n) is 2.05. The van der Waals surface area contributed by atoms with Crippen LogP contribution in [0.5, 0.6) is 0 Å². The van der Waals surface area contributed by atoms with Crippen LogP contribution < -0.4 is 0 Å². The molecule has 0 aromatic carbocycles. The molecule has 0 spiro atoms. The highest BCUT2D eigenvalue weighted by molar-refractivity contribution is 5.92. The van der Waals surface area contributed by atoms with Crippen LogP contribution >= 0.6 is 0 Å². The summed E-state index contributed by atoms with van der Waals surface area (Å²) < 4.78 is 15.5. The van der Waals surface area contributed by atoms with Crippen LogP contribution in [0.2, 0.25) is 0 Å². The van der Waals surface area contributed by atoms with E-state index in [1.165, 1.54) is 11.0 Å². The van der Waals surface area contributed by atoms with Gasteiger partial charge in [0.15, 0.2) is 6.04 Å². The third kappa shape index (κ3) is 5.86. The minimum Gasteiger partial charge on any atom is -0.463 e. The summed E-state index contributed by atoms with van der Waals surface area (Å²) in [5.74, 6) is -1.15. The Morgan fingerprint density at radius 1 is 1.08 bits per heavy atom. The van der Waals surface area contributed by atoms with Gasteiger partial charge in [0.2, 0.25) is 0 Å². The molecule has 1 heterocycles. The number of likely N-dealkylation sites (tertiary alicyclic amines) is 1. The summed E-state index contributed by atoms with van der Waals surface area (Å²) in [6, 6.07) is -0.969. The molecule has 1 aliphatic heterocycles. The van der Waals surface area contributed by atoms with Crippen LogP contribution in [0.4, 0.5) is 4.79 Å². The molecular weight excluding hydrogens is 314 g/mol. The number of nitrogens with zero attached hydrogens (tertiary/aromatic N) is 1. The largest absolute Gasteiger partial charge is 0.463 e. The Bertz CT molecular complexity index is 538. The highest BCUT2D eigenvalue weighted by Crippen LogP contribution is 2.29. The van der Waals surface area contributed by atoms with Gasteiger partial charge in [0.05, 0.1) is 6.61 Å². The number of hydrogen-bond acceptors (Lipinski definition) is 6. The Morgan fingerprint density at radius 2 is 1.62 bits per heavy atom. The standard InChI is InChI=1S/C17H27NO6/c1-8-22-12(19)9-11-10-18(15(21)24-17(5,6)7)13(11)14(20)23-16(2,3)4/h9,13H,8,10H2,1-7H3/b11-9-. The van der Waals surface area contributed by atoms with Crippen molar-refractivity contribution in [2.75, 3.05) is 13.2 Å². The number of ether oxygens (including phenoxy) is 3. The van der Waals surface area contributed by atoms with Gasteiger partial charge in [-0.2, -0.15) is 0 Å². The predicted molar refractivity (Wildman–Crippen MR) is 87.3 cm³/mol.